The van der Waals surface area contributed by atoms with Crippen molar-refractivity contribution in [1.82, 2.24) is 0 Å². The van der Waals surface area contributed by atoms with Crippen LogP contribution in [0.5, 0.6) is 0 Å². The third-order valence-corrected chi connectivity index (χ3v) is 15.3. The first-order valence-electron chi connectivity index (χ1n) is 35.2. The highest BCUT2D eigenvalue weighted by Crippen LogP contribution is 2.17. The van der Waals surface area contributed by atoms with Crippen LogP contribution < -0.4 is 0 Å². The molecular weight excluding hydrogens is 1010 g/mol. The van der Waals surface area contributed by atoms with Crippen molar-refractivity contribution >= 4 is 17.9 Å². The number of unbranched alkanes of at least 4 members (excludes halogenated alkanes) is 37. The standard InChI is InChI=1S/C76H132O6/c1-4-7-10-13-16-18-20-22-24-26-28-30-32-34-36-37-38-39-41-42-44-46-48-50-52-54-56-58-60-63-66-69-75(78)81-72-73(71-80-74(77)68-65-62-15-12-9-6-3)82-76(79)70-67-64-61-59-57-55-53-51-49-47-45-43-40-35-33-31-29-27-25-23-21-19-17-14-11-8-5-2/h7,10,16,18,21-24,27-30,34,36,38-39,73H,4-6,8-9,11-15,17,19-20,25-26,31-33,35,37,40-72H2,1-3H3/b10-7-,18-16-,23-21-,24-22-,29-27-,30-28-,36-34-,39-38-. The number of esters is 3. The fourth-order valence-corrected chi connectivity index (χ4v) is 10.1. The molecule has 0 heterocycles. The van der Waals surface area contributed by atoms with Crippen molar-refractivity contribution in [2.45, 2.75) is 354 Å². The van der Waals surface area contributed by atoms with Gasteiger partial charge in [0.05, 0.1) is 0 Å². The predicted octanol–water partition coefficient (Wildman–Crippen LogP) is 24.4. The second kappa shape index (κ2) is 69.8. The van der Waals surface area contributed by atoms with Crippen LogP contribution in [-0.2, 0) is 28.6 Å². The maximum atomic E-state index is 12.9. The quantitative estimate of drug-likeness (QED) is 0.0261. The van der Waals surface area contributed by atoms with Gasteiger partial charge in [-0.3, -0.25) is 14.4 Å². The Balaban J connectivity index is 4.03. The predicted molar refractivity (Wildman–Crippen MR) is 357 cm³/mol. The molecule has 0 radical (unpaired) electrons. The van der Waals surface area contributed by atoms with E-state index in [1.165, 1.54) is 205 Å². The van der Waals surface area contributed by atoms with Crippen LogP contribution in [0.4, 0.5) is 0 Å². The summed E-state index contributed by atoms with van der Waals surface area (Å²) in [4.78, 5) is 38.1. The van der Waals surface area contributed by atoms with Crippen LogP contribution in [0.25, 0.3) is 0 Å². The first-order chi connectivity index (χ1) is 40.5. The molecule has 0 aromatic rings. The first kappa shape index (κ1) is 78.3. The van der Waals surface area contributed by atoms with E-state index < -0.39 is 6.10 Å². The molecule has 82 heavy (non-hydrogen) atoms. The minimum Gasteiger partial charge on any atom is -0.462 e. The SMILES string of the molecule is CC/C=C\C/C=C\C/C=C\C/C=C\C/C=C\C/C=C\CCCCCCCCCCCCCCC(=O)OCC(COC(=O)CCCCCCCC)OC(=O)CCCCCCCCCCCCCCCCC/C=C\C/C=C\CCCCCCC. The van der Waals surface area contributed by atoms with E-state index in [1.807, 2.05) is 0 Å². The average molecular weight is 1140 g/mol. The van der Waals surface area contributed by atoms with Crippen LogP contribution in [0.1, 0.15) is 348 Å². The van der Waals surface area contributed by atoms with Crippen LogP contribution in [0, 0.1) is 0 Å². The number of allylic oxidation sites excluding steroid dienone is 16. The molecule has 472 valence electrons. The Morgan fingerprint density at radius 3 is 0.744 bits per heavy atom. The average Bonchev–Trinajstić information content (AvgIpc) is 3.47. The molecule has 0 aromatic carbocycles. The van der Waals surface area contributed by atoms with Crippen molar-refractivity contribution in [3.05, 3.63) is 97.2 Å². The van der Waals surface area contributed by atoms with Gasteiger partial charge in [-0.2, -0.15) is 0 Å². The molecule has 1 unspecified atom stereocenters. The lowest BCUT2D eigenvalue weighted by Gasteiger charge is -2.18. The fourth-order valence-electron chi connectivity index (χ4n) is 10.1. The lowest BCUT2D eigenvalue weighted by Crippen LogP contribution is -2.30. The van der Waals surface area contributed by atoms with E-state index in [0.717, 1.165) is 103 Å². The smallest absolute Gasteiger partial charge is 0.306 e. The van der Waals surface area contributed by atoms with Crippen LogP contribution >= 0.6 is 0 Å². The molecule has 0 rings (SSSR count). The van der Waals surface area contributed by atoms with Crippen LogP contribution in [-0.4, -0.2) is 37.2 Å². The zero-order valence-electron chi connectivity index (χ0n) is 54.2. The fraction of sp³-hybridized carbons (Fsp3) is 0.750. The van der Waals surface area contributed by atoms with Gasteiger partial charge in [-0.15, -0.1) is 0 Å². The second-order valence-corrected chi connectivity index (χ2v) is 23.4. The summed E-state index contributed by atoms with van der Waals surface area (Å²) >= 11 is 0. The lowest BCUT2D eigenvalue weighted by atomic mass is 10.0. The third kappa shape index (κ3) is 67.1. The number of ether oxygens (including phenoxy) is 3. The van der Waals surface area contributed by atoms with Gasteiger partial charge in [0.25, 0.3) is 0 Å². The molecule has 1 atom stereocenters. The van der Waals surface area contributed by atoms with Crippen molar-refractivity contribution in [3.8, 4) is 0 Å². The Morgan fingerprint density at radius 1 is 0.256 bits per heavy atom. The first-order valence-corrected chi connectivity index (χ1v) is 35.2. The van der Waals surface area contributed by atoms with E-state index in [9.17, 15) is 14.4 Å². The van der Waals surface area contributed by atoms with Gasteiger partial charge in [0, 0.05) is 19.3 Å². The van der Waals surface area contributed by atoms with E-state index in [0.29, 0.717) is 19.3 Å². The van der Waals surface area contributed by atoms with Crippen molar-refractivity contribution in [3.63, 3.8) is 0 Å². The van der Waals surface area contributed by atoms with E-state index in [4.69, 9.17) is 14.2 Å². The summed E-state index contributed by atoms with van der Waals surface area (Å²) in [6.45, 7) is 6.49. The van der Waals surface area contributed by atoms with Gasteiger partial charge in [0.1, 0.15) is 13.2 Å². The van der Waals surface area contributed by atoms with Crippen LogP contribution in [0.3, 0.4) is 0 Å². The van der Waals surface area contributed by atoms with Crippen molar-refractivity contribution in [2.75, 3.05) is 13.2 Å². The topological polar surface area (TPSA) is 78.9 Å². The van der Waals surface area contributed by atoms with Crippen LogP contribution in [0.15, 0.2) is 97.2 Å². The minimum atomic E-state index is -0.775. The minimum absolute atomic E-state index is 0.0747. The molecule has 0 saturated carbocycles. The molecule has 0 fully saturated rings. The number of rotatable bonds is 64. The Kier molecular flexibility index (Phi) is 66.7. The summed E-state index contributed by atoms with van der Waals surface area (Å²) in [6, 6.07) is 0. The molecule has 6 heteroatoms. The van der Waals surface area contributed by atoms with E-state index >= 15 is 0 Å². The second-order valence-electron chi connectivity index (χ2n) is 23.4. The summed E-state index contributed by atoms with van der Waals surface area (Å²) in [6.07, 6.45) is 94.7. The lowest BCUT2D eigenvalue weighted by molar-refractivity contribution is -0.167. The van der Waals surface area contributed by atoms with Gasteiger partial charge in [0.2, 0.25) is 0 Å². The maximum absolute atomic E-state index is 12.9. The Hall–Kier alpha value is -3.67. The van der Waals surface area contributed by atoms with E-state index in [1.54, 1.807) is 0 Å². The van der Waals surface area contributed by atoms with Crippen molar-refractivity contribution < 1.29 is 28.6 Å². The molecule has 0 saturated heterocycles. The van der Waals surface area contributed by atoms with Crippen LogP contribution in [0.2, 0.25) is 0 Å². The molecule has 0 aliphatic carbocycles. The maximum Gasteiger partial charge on any atom is 0.306 e. The summed E-state index contributed by atoms with van der Waals surface area (Å²) in [7, 11) is 0. The molecule has 0 N–H and O–H groups in total. The summed E-state index contributed by atoms with van der Waals surface area (Å²) < 4.78 is 16.9. The highest BCUT2D eigenvalue weighted by molar-refractivity contribution is 5.71. The zero-order valence-corrected chi connectivity index (χ0v) is 54.2. The Bertz CT molecular complexity index is 1590. The number of carbonyl (C=O) groups is 3. The van der Waals surface area contributed by atoms with E-state index in [2.05, 4.69) is 118 Å². The normalized spacial score (nSPS) is 12.7. The van der Waals surface area contributed by atoms with Crippen molar-refractivity contribution in [1.29, 1.82) is 0 Å². The summed E-state index contributed by atoms with van der Waals surface area (Å²) in [5, 5.41) is 0. The molecule has 0 aliphatic heterocycles. The summed E-state index contributed by atoms with van der Waals surface area (Å²) in [5.74, 6) is -0.872. The van der Waals surface area contributed by atoms with Gasteiger partial charge in [-0.05, 0) is 103 Å². The molecule has 0 bridgehead atoms. The summed E-state index contributed by atoms with van der Waals surface area (Å²) in [5.41, 5.74) is 0. The molecule has 0 aromatic heterocycles. The van der Waals surface area contributed by atoms with Gasteiger partial charge in [0.15, 0.2) is 6.10 Å². The molecular formula is C76H132O6. The van der Waals surface area contributed by atoms with Gasteiger partial charge < -0.3 is 14.2 Å². The molecule has 0 spiro atoms. The zero-order chi connectivity index (χ0) is 59.2. The highest BCUT2D eigenvalue weighted by atomic mass is 16.6. The molecule has 0 aliphatic rings. The molecule has 0 amide bonds. The van der Waals surface area contributed by atoms with Gasteiger partial charge in [-0.25, -0.2) is 0 Å². The highest BCUT2D eigenvalue weighted by Gasteiger charge is 2.19. The monoisotopic (exact) mass is 1140 g/mol. The van der Waals surface area contributed by atoms with Gasteiger partial charge >= 0.3 is 17.9 Å². The number of hydrogen-bond acceptors (Lipinski definition) is 6. The van der Waals surface area contributed by atoms with Crippen molar-refractivity contribution in [2.24, 2.45) is 0 Å². The third-order valence-electron chi connectivity index (χ3n) is 15.3. The van der Waals surface area contributed by atoms with Gasteiger partial charge in [-0.1, -0.05) is 323 Å². The number of hydrogen-bond donors (Lipinski definition) is 0. The Labute approximate surface area is 508 Å². The Morgan fingerprint density at radius 2 is 0.476 bits per heavy atom. The van der Waals surface area contributed by atoms with E-state index in [-0.39, 0.29) is 31.1 Å². The largest absolute Gasteiger partial charge is 0.462 e. The number of carbonyl (C=O) groups excluding carboxylic acids is 3. The molecule has 6 nitrogen and oxygen atoms in total.